The van der Waals surface area contributed by atoms with Crippen molar-refractivity contribution in [2.75, 3.05) is 26.2 Å². The highest BCUT2D eigenvalue weighted by Gasteiger charge is 2.12. The van der Waals surface area contributed by atoms with Gasteiger partial charge in [-0.15, -0.1) is 0 Å². The Morgan fingerprint density at radius 3 is 2.88 bits per heavy atom. The maximum absolute atomic E-state index is 11.4. The third-order valence-electron chi connectivity index (χ3n) is 2.88. The fourth-order valence-electron chi connectivity index (χ4n) is 1.84. The second-order valence-electron chi connectivity index (χ2n) is 5.14. The third-order valence-corrected chi connectivity index (χ3v) is 2.88. The number of rotatable bonds is 7. The molecule has 1 aliphatic rings. The quantitative estimate of drug-likeness (QED) is 0.662. The first-order valence-electron chi connectivity index (χ1n) is 6.77. The zero-order chi connectivity index (χ0) is 12.5. The van der Waals surface area contributed by atoms with Gasteiger partial charge in [-0.1, -0.05) is 13.8 Å². The molecule has 0 aromatic heterocycles. The van der Waals surface area contributed by atoms with Crippen LogP contribution in [-0.4, -0.2) is 38.3 Å². The minimum Gasteiger partial charge on any atom is -0.377 e. The smallest absolute Gasteiger partial charge is 0.221 e. The van der Waals surface area contributed by atoms with Gasteiger partial charge in [0.1, 0.15) is 0 Å². The van der Waals surface area contributed by atoms with Crippen molar-refractivity contribution in [3.8, 4) is 0 Å². The summed E-state index contributed by atoms with van der Waals surface area (Å²) in [5.41, 5.74) is 0. The Bertz CT molecular complexity index is 213. The molecule has 0 aromatic rings. The Hall–Kier alpha value is -0.610. The first kappa shape index (κ1) is 14.5. The SMILES string of the molecule is CC(C)CNC(=O)CCNCC1CCCCO1. The van der Waals surface area contributed by atoms with E-state index >= 15 is 0 Å². The van der Waals surface area contributed by atoms with Crippen LogP contribution in [0.4, 0.5) is 0 Å². The van der Waals surface area contributed by atoms with Gasteiger partial charge >= 0.3 is 0 Å². The third kappa shape index (κ3) is 7.34. The van der Waals surface area contributed by atoms with Crippen molar-refractivity contribution in [2.45, 2.75) is 45.6 Å². The lowest BCUT2D eigenvalue weighted by Crippen LogP contribution is -2.35. The van der Waals surface area contributed by atoms with E-state index in [0.29, 0.717) is 18.4 Å². The van der Waals surface area contributed by atoms with Crippen LogP contribution in [0.3, 0.4) is 0 Å². The van der Waals surface area contributed by atoms with Crippen LogP contribution in [-0.2, 0) is 9.53 Å². The molecule has 1 rings (SSSR count). The average molecular weight is 242 g/mol. The zero-order valence-corrected chi connectivity index (χ0v) is 11.1. The number of carbonyl (C=O) groups is 1. The van der Waals surface area contributed by atoms with Gasteiger partial charge in [-0.2, -0.15) is 0 Å². The molecule has 4 nitrogen and oxygen atoms in total. The fourth-order valence-corrected chi connectivity index (χ4v) is 1.84. The van der Waals surface area contributed by atoms with Crippen LogP contribution in [0.25, 0.3) is 0 Å². The topological polar surface area (TPSA) is 50.4 Å². The minimum absolute atomic E-state index is 0.135. The Kier molecular flexibility index (Phi) is 7.21. The molecule has 0 saturated carbocycles. The Morgan fingerprint density at radius 1 is 1.41 bits per heavy atom. The van der Waals surface area contributed by atoms with Gasteiger partial charge in [0.2, 0.25) is 5.91 Å². The number of hydrogen-bond donors (Lipinski definition) is 2. The molecular formula is C13H26N2O2. The van der Waals surface area contributed by atoms with Crippen molar-refractivity contribution >= 4 is 5.91 Å². The molecule has 0 bridgehead atoms. The summed E-state index contributed by atoms with van der Waals surface area (Å²) in [5.74, 6) is 0.651. The largest absolute Gasteiger partial charge is 0.377 e. The number of amides is 1. The van der Waals surface area contributed by atoms with Gasteiger partial charge in [0.25, 0.3) is 0 Å². The van der Waals surface area contributed by atoms with E-state index in [-0.39, 0.29) is 5.91 Å². The normalized spacial score (nSPS) is 20.5. The summed E-state index contributed by atoms with van der Waals surface area (Å²) in [6.45, 7) is 7.46. The molecule has 0 aliphatic carbocycles. The van der Waals surface area contributed by atoms with E-state index in [1.54, 1.807) is 0 Å². The summed E-state index contributed by atoms with van der Waals surface area (Å²) in [4.78, 5) is 11.4. The molecule has 0 radical (unpaired) electrons. The van der Waals surface area contributed by atoms with Gasteiger partial charge in [0.15, 0.2) is 0 Å². The standard InChI is InChI=1S/C13H26N2O2/c1-11(2)9-15-13(16)6-7-14-10-12-5-3-4-8-17-12/h11-12,14H,3-10H2,1-2H3,(H,15,16). The summed E-state index contributed by atoms with van der Waals surface area (Å²) in [5, 5.41) is 6.20. The van der Waals surface area contributed by atoms with E-state index in [2.05, 4.69) is 24.5 Å². The highest BCUT2D eigenvalue weighted by Crippen LogP contribution is 2.11. The van der Waals surface area contributed by atoms with Crippen LogP contribution < -0.4 is 10.6 Å². The second-order valence-corrected chi connectivity index (χ2v) is 5.14. The Morgan fingerprint density at radius 2 is 2.24 bits per heavy atom. The first-order chi connectivity index (χ1) is 8.18. The van der Waals surface area contributed by atoms with Gasteiger partial charge in [0, 0.05) is 32.7 Å². The van der Waals surface area contributed by atoms with Crippen molar-refractivity contribution in [3.05, 3.63) is 0 Å². The van der Waals surface area contributed by atoms with Crippen LogP contribution in [0.5, 0.6) is 0 Å². The van der Waals surface area contributed by atoms with Gasteiger partial charge in [-0.05, 0) is 25.2 Å². The monoisotopic (exact) mass is 242 g/mol. The number of hydrogen-bond acceptors (Lipinski definition) is 3. The summed E-state index contributed by atoms with van der Waals surface area (Å²) in [6, 6.07) is 0. The lowest BCUT2D eigenvalue weighted by molar-refractivity contribution is -0.121. The molecular weight excluding hydrogens is 216 g/mol. The Labute approximate surface area is 104 Å². The molecule has 1 atom stereocenters. The Balaban J connectivity index is 1.94. The molecule has 100 valence electrons. The lowest BCUT2D eigenvalue weighted by Gasteiger charge is -2.22. The molecule has 1 amide bonds. The maximum atomic E-state index is 11.4. The van der Waals surface area contributed by atoms with E-state index in [9.17, 15) is 4.79 Å². The van der Waals surface area contributed by atoms with Crippen molar-refractivity contribution in [3.63, 3.8) is 0 Å². The van der Waals surface area contributed by atoms with Crippen molar-refractivity contribution < 1.29 is 9.53 Å². The first-order valence-corrected chi connectivity index (χ1v) is 6.77. The van der Waals surface area contributed by atoms with E-state index < -0.39 is 0 Å². The van der Waals surface area contributed by atoms with Crippen molar-refractivity contribution in [1.82, 2.24) is 10.6 Å². The van der Waals surface area contributed by atoms with Crippen LogP contribution in [0.2, 0.25) is 0 Å². The fraction of sp³-hybridized carbons (Fsp3) is 0.923. The van der Waals surface area contributed by atoms with Gasteiger partial charge in [-0.25, -0.2) is 0 Å². The molecule has 0 spiro atoms. The van der Waals surface area contributed by atoms with Gasteiger partial charge < -0.3 is 15.4 Å². The van der Waals surface area contributed by atoms with Gasteiger partial charge in [0.05, 0.1) is 6.10 Å². The average Bonchev–Trinajstić information content (AvgIpc) is 2.33. The maximum Gasteiger partial charge on any atom is 0.221 e. The summed E-state index contributed by atoms with van der Waals surface area (Å²) in [7, 11) is 0. The van der Waals surface area contributed by atoms with E-state index in [4.69, 9.17) is 4.74 Å². The molecule has 0 aromatic carbocycles. The summed E-state index contributed by atoms with van der Waals surface area (Å²) < 4.78 is 5.60. The molecule has 1 aliphatic heterocycles. The summed E-state index contributed by atoms with van der Waals surface area (Å²) >= 11 is 0. The molecule has 2 N–H and O–H groups in total. The number of ether oxygens (including phenoxy) is 1. The zero-order valence-electron chi connectivity index (χ0n) is 11.1. The van der Waals surface area contributed by atoms with E-state index in [0.717, 1.165) is 32.7 Å². The number of carbonyl (C=O) groups excluding carboxylic acids is 1. The molecule has 1 saturated heterocycles. The molecule has 4 heteroatoms. The van der Waals surface area contributed by atoms with Crippen LogP contribution in [0.15, 0.2) is 0 Å². The molecule has 1 unspecified atom stereocenters. The van der Waals surface area contributed by atoms with Crippen molar-refractivity contribution in [2.24, 2.45) is 5.92 Å². The predicted octanol–water partition coefficient (Wildman–Crippen LogP) is 1.31. The molecule has 1 fully saturated rings. The molecule has 1 heterocycles. The molecule has 17 heavy (non-hydrogen) atoms. The minimum atomic E-state index is 0.135. The van der Waals surface area contributed by atoms with Crippen LogP contribution >= 0.6 is 0 Å². The van der Waals surface area contributed by atoms with Gasteiger partial charge in [-0.3, -0.25) is 4.79 Å². The van der Waals surface area contributed by atoms with Crippen molar-refractivity contribution in [1.29, 1.82) is 0 Å². The highest BCUT2D eigenvalue weighted by molar-refractivity contribution is 5.76. The van der Waals surface area contributed by atoms with E-state index in [1.165, 1.54) is 12.8 Å². The predicted molar refractivity (Wildman–Crippen MR) is 68.9 cm³/mol. The van der Waals surface area contributed by atoms with Crippen LogP contribution in [0, 0.1) is 5.92 Å². The second kappa shape index (κ2) is 8.48. The number of nitrogens with one attached hydrogen (secondary N) is 2. The summed E-state index contributed by atoms with van der Waals surface area (Å²) in [6.07, 6.45) is 4.50. The highest BCUT2D eigenvalue weighted by atomic mass is 16.5. The van der Waals surface area contributed by atoms with Crippen LogP contribution in [0.1, 0.15) is 39.5 Å². The van der Waals surface area contributed by atoms with E-state index in [1.807, 2.05) is 0 Å². The lowest BCUT2D eigenvalue weighted by atomic mass is 10.1.